The molecule has 6 atom stereocenters. The van der Waals surface area contributed by atoms with Crippen LogP contribution in [0.15, 0.2) is 30.4 Å². The van der Waals surface area contributed by atoms with Crippen LogP contribution in [0.2, 0.25) is 0 Å². The maximum absolute atomic E-state index is 14.7. The number of ether oxygens (including phenoxy) is 2. The van der Waals surface area contributed by atoms with Crippen LogP contribution >= 0.6 is 0 Å². The number of amides is 5. The van der Waals surface area contributed by atoms with Gasteiger partial charge >= 0.3 is 0 Å². The number of carbonyl (C=O) groups excluding carboxylic acids is 5. The summed E-state index contributed by atoms with van der Waals surface area (Å²) >= 11 is 0. The van der Waals surface area contributed by atoms with Crippen LogP contribution < -0.4 is 30.1 Å². The van der Waals surface area contributed by atoms with E-state index in [0.717, 1.165) is 12.8 Å². The predicted octanol–water partition coefficient (Wildman–Crippen LogP) is 2.72. The molecular weight excluding hydrogens is 755 g/mol. The van der Waals surface area contributed by atoms with Gasteiger partial charge in [0.1, 0.15) is 41.2 Å². The van der Waals surface area contributed by atoms with Crippen molar-refractivity contribution in [3.8, 4) is 11.6 Å². The molecule has 57 heavy (non-hydrogen) atoms. The second kappa shape index (κ2) is 15.9. The molecule has 4 aliphatic rings. The monoisotopic (exact) mass is 809 g/mol. The second-order valence-corrected chi connectivity index (χ2v) is 19.4. The molecule has 2 saturated carbocycles. The molecular formula is C40H55N7O9S. The van der Waals surface area contributed by atoms with Crippen LogP contribution in [-0.2, 0) is 34.0 Å². The zero-order valence-corrected chi connectivity index (χ0v) is 34.6. The summed E-state index contributed by atoms with van der Waals surface area (Å²) in [7, 11) is -2.47. The van der Waals surface area contributed by atoms with E-state index in [1.165, 1.54) is 11.8 Å². The third-order valence-corrected chi connectivity index (χ3v) is 13.7. The highest BCUT2D eigenvalue weighted by Crippen LogP contribution is 2.47. The number of aromatic nitrogens is 2. The molecule has 2 aromatic rings. The number of hydrogen-bond acceptors (Lipinski definition) is 11. The van der Waals surface area contributed by atoms with Gasteiger partial charge in [-0.15, -0.1) is 0 Å². The van der Waals surface area contributed by atoms with Crippen molar-refractivity contribution < 1.29 is 41.9 Å². The molecule has 5 amide bonds. The molecule has 0 radical (unpaired) electrons. The number of fused-ring (bicyclic) bond motifs is 3. The molecule has 1 aromatic heterocycles. The van der Waals surface area contributed by atoms with Gasteiger partial charge in [-0.05, 0) is 69.9 Å². The maximum Gasteiger partial charge on any atom is 0.259 e. The van der Waals surface area contributed by atoms with Gasteiger partial charge in [-0.25, -0.2) is 18.4 Å². The Hall–Kier alpha value is -4.80. The van der Waals surface area contributed by atoms with E-state index >= 15 is 0 Å². The highest BCUT2D eigenvalue weighted by Gasteiger charge is 2.63. The van der Waals surface area contributed by atoms with Gasteiger partial charge in [-0.3, -0.25) is 28.7 Å². The number of benzene rings is 1. The minimum absolute atomic E-state index is 0.000586. The summed E-state index contributed by atoms with van der Waals surface area (Å²) in [4.78, 5) is 79.8. The van der Waals surface area contributed by atoms with Gasteiger partial charge in [0, 0.05) is 25.3 Å². The molecule has 0 unspecified atom stereocenters. The number of methoxy groups -OCH3 is 1. The van der Waals surface area contributed by atoms with Gasteiger partial charge in [0.25, 0.3) is 5.91 Å². The number of allylic oxidation sites excluding steroid dienone is 1. The number of rotatable bonds is 9. The molecule has 16 nitrogen and oxygen atoms in total. The summed E-state index contributed by atoms with van der Waals surface area (Å²) in [6.07, 6.45) is 7.04. The molecule has 6 rings (SSSR count). The molecule has 3 fully saturated rings. The van der Waals surface area contributed by atoms with E-state index in [1.54, 1.807) is 39.2 Å². The van der Waals surface area contributed by atoms with Gasteiger partial charge in [0.05, 0.1) is 29.4 Å². The Balaban J connectivity index is 1.33. The van der Waals surface area contributed by atoms with E-state index < -0.39 is 85.4 Å². The van der Waals surface area contributed by atoms with E-state index in [-0.39, 0.29) is 31.7 Å². The summed E-state index contributed by atoms with van der Waals surface area (Å²) in [5.41, 5.74) is -0.621. The van der Waals surface area contributed by atoms with E-state index in [2.05, 4.69) is 30.6 Å². The maximum atomic E-state index is 14.7. The number of carbonyl (C=O) groups is 5. The fourth-order valence-electron chi connectivity index (χ4n) is 7.58. The molecule has 2 aliphatic heterocycles. The number of sulfonamides is 1. The molecule has 17 heteroatoms. The predicted molar refractivity (Wildman–Crippen MR) is 210 cm³/mol. The molecule has 3 heterocycles. The zero-order chi connectivity index (χ0) is 41.5. The van der Waals surface area contributed by atoms with Gasteiger partial charge in [-0.2, -0.15) is 0 Å². The van der Waals surface area contributed by atoms with Crippen molar-refractivity contribution in [2.75, 3.05) is 13.7 Å². The summed E-state index contributed by atoms with van der Waals surface area (Å²) in [6, 6.07) is 2.09. The molecule has 0 bridgehead atoms. The van der Waals surface area contributed by atoms with Gasteiger partial charge < -0.3 is 30.3 Å². The summed E-state index contributed by atoms with van der Waals surface area (Å²) < 4.78 is 39.3. The Bertz CT molecular complexity index is 2080. The van der Waals surface area contributed by atoms with E-state index in [9.17, 15) is 32.4 Å². The largest absolute Gasteiger partial charge is 0.497 e. The highest BCUT2D eigenvalue weighted by molar-refractivity contribution is 7.91. The van der Waals surface area contributed by atoms with E-state index in [0.29, 0.717) is 48.2 Å². The van der Waals surface area contributed by atoms with Crippen LogP contribution in [-0.4, -0.2) is 101 Å². The fraction of sp³-hybridized carbons (Fsp3) is 0.625. The minimum atomic E-state index is -4.01. The van der Waals surface area contributed by atoms with Crippen molar-refractivity contribution in [2.45, 2.75) is 134 Å². The van der Waals surface area contributed by atoms with Crippen molar-refractivity contribution in [1.29, 1.82) is 0 Å². The summed E-state index contributed by atoms with van der Waals surface area (Å²) in [5, 5.41) is 8.49. The van der Waals surface area contributed by atoms with Crippen LogP contribution in [0.4, 0.5) is 0 Å². The Morgan fingerprint density at radius 1 is 1.07 bits per heavy atom. The van der Waals surface area contributed by atoms with Crippen molar-refractivity contribution in [2.24, 2.45) is 11.3 Å². The van der Waals surface area contributed by atoms with Gasteiger partial charge in [0.15, 0.2) is 0 Å². The zero-order valence-electron chi connectivity index (χ0n) is 33.8. The normalized spacial score (nSPS) is 27.3. The van der Waals surface area contributed by atoms with Gasteiger partial charge in [0.2, 0.25) is 39.5 Å². The topological polar surface area (TPSA) is 215 Å². The molecule has 4 N–H and O–H groups in total. The third kappa shape index (κ3) is 9.02. The first-order valence-electron chi connectivity index (χ1n) is 19.7. The van der Waals surface area contributed by atoms with Crippen molar-refractivity contribution >= 4 is 50.6 Å². The van der Waals surface area contributed by atoms with Crippen molar-refractivity contribution in [1.82, 2.24) is 35.5 Å². The van der Waals surface area contributed by atoms with Crippen molar-refractivity contribution in [3.05, 3.63) is 36.0 Å². The Morgan fingerprint density at radius 3 is 2.47 bits per heavy atom. The lowest BCUT2D eigenvalue weighted by Gasteiger charge is -2.33. The fourth-order valence-corrected chi connectivity index (χ4v) is 8.89. The smallest absolute Gasteiger partial charge is 0.259 e. The van der Waals surface area contributed by atoms with E-state index in [4.69, 9.17) is 9.47 Å². The molecule has 0 spiro atoms. The second-order valence-electron chi connectivity index (χ2n) is 17.2. The van der Waals surface area contributed by atoms with Crippen LogP contribution in [0.25, 0.3) is 11.0 Å². The Kier molecular flexibility index (Phi) is 11.6. The van der Waals surface area contributed by atoms with E-state index in [1.807, 2.05) is 32.9 Å². The molecule has 310 valence electrons. The first-order valence-corrected chi connectivity index (χ1v) is 21.2. The highest BCUT2D eigenvalue weighted by atomic mass is 32.2. The van der Waals surface area contributed by atoms with Crippen molar-refractivity contribution in [3.63, 3.8) is 0 Å². The average molecular weight is 810 g/mol. The molecule has 1 aromatic carbocycles. The lowest BCUT2D eigenvalue weighted by Crippen LogP contribution is -2.60. The van der Waals surface area contributed by atoms with Crippen LogP contribution in [0.1, 0.15) is 98.1 Å². The van der Waals surface area contributed by atoms with Gasteiger partial charge in [-0.1, -0.05) is 45.8 Å². The standard InChI is InChI=1S/C40H55N7O9S/c1-23-35(44-30-19-26(55-7)15-16-28(30)41-23)56-27-20-31-33(49)45-40(37(52)46-57(53,54)39(6)17-18-39)21-25(40)13-11-9-8-10-12-14-29(36(51)47(31)22-27)43-34(50)32(38(3,4)5)42-24(2)48/h11,13,15-16,19,25,27,29,31-32H,8-10,12,14,17-18,20-22H2,1-7H3,(H,42,48)(H,43,50)(H,45,49)(H,46,52)/b13-11-/t25-,27-,29+,31+,32-,40-/m1/s1. The average Bonchev–Trinajstić information content (AvgIpc) is 4.02. The lowest BCUT2D eigenvalue weighted by molar-refractivity contribution is -0.143. The number of nitrogens with zero attached hydrogens (tertiary/aromatic N) is 3. The first kappa shape index (κ1) is 41.8. The minimum Gasteiger partial charge on any atom is -0.497 e. The first-order chi connectivity index (χ1) is 26.8. The van der Waals surface area contributed by atoms with Crippen LogP contribution in [0.5, 0.6) is 11.6 Å². The molecule has 1 saturated heterocycles. The lowest BCUT2D eigenvalue weighted by atomic mass is 9.85. The van der Waals surface area contributed by atoms with Crippen LogP contribution in [0, 0.1) is 18.3 Å². The van der Waals surface area contributed by atoms with Crippen LogP contribution in [0.3, 0.4) is 0 Å². The number of aryl methyl sites for hydroxylation is 1. The quantitative estimate of drug-likeness (QED) is 0.270. The summed E-state index contributed by atoms with van der Waals surface area (Å²) in [6.45, 7) is 10.00. The number of hydrogen-bond donors (Lipinski definition) is 4. The Labute approximate surface area is 333 Å². The SMILES string of the molecule is COc1ccc2nc(C)c(O[C@@H]3C[C@H]4C(=O)N[C@]5(C(=O)NS(=O)(=O)C6(C)CC6)C[C@H]5/C=C\CCCCC[C@H](NC(=O)[C@@H](NC(C)=O)C(C)(C)C)C(=O)N4C3)nc2c1. The summed E-state index contributed by atoms with van der Waals surface area (Å²) in [5.74, 6) is -2.63. The Morgan fingerprint density at radius 2 is 1.81 bits per heavy atom. The molecule has 2 aliphatic carbocycles. The number of nitrogens with one attached hydrogen (secondary N) is 4. The third-order valence-electron chi connectivity index (χ3n) is 11.5.